The van der Waals surface area contributed by atoms with Gasteiger partial charge in [0.15, 0.2) is 0 Å². The number of nitrogens with zero attached hydrogens (tertiary/aromatic N) is 3. The van der Waals surface area contributed by atoms with Crippen LogP contribution < -0.4 is 10.1 Å². The summed E-state index contributed by atoms with van der Waals surface area (Å²) in [5, 5.41) is 2.73. The highest BCUT2D eigenvalue weighted by Crippen LogP contribution is 2.35. The minimum atomic E-state index is -3.74. The summed E-state index contributed by atoms with van der Waals surface area (Å²) in [7, 11) is -3.74. The minimum absolute atomic E-state index is 0.138. The van der Waals surface area contributed by atoms with E-state index >= 15 is 0 Å². The SMILES string of the molecule is C=CC(=O)NC1CC2CCN(S(=O)(=O)c3cccc(Oc4cncc(C)n4)c3)CC2O1. The maximum atomic E-state index is 13.2. The lowest BCUT2D eigenvalue weighted by molar-refractivity contribution is -0.120. The first kappa shape index (κ1) is 21.4. The molecule has 0 bridgehead atoms. The number of hydrogen-bond acceptors (Lipinski definition) is 7. The lowest BCUT2D eigenvalue weighted by Crippen LogP contribution is -2.45. The van der Waals surface area contributed by atoms with Gasteiger partial charge in [-0.15, -0.1) is 0 Å². The first-order valence-electron chi connectivity index (χ1n) is 10.0. The maximum absolute atomic E-state index is 13.2. The van der Waals surface area contributed by atoms with Crippen molar-refractivity contribution in [1.82, 2.24) is 19.6 Å². The molecule has 0 spiro atoms. The van der Waals surface area contributed by atoms with Crippen molar-refractivity contribution in [3.63, 3.8) is 0 Å². The topological polar surface area (TPSA) is 111 Å². The van der Waals surface area contributed by atoms with Gasteiger partial charge in [-0.1, -0.05) is 12.6 Å². The summed E-state index contributed by atoms with van der Waals surface area (Å²) in [5.74, 6) is 0.557. The number of sulfonamides is 1. The van der Waals surface area contributed by atoms with E-state index in [0.29, 0.717) is 36.7 Å². The number of fused-ring (bicyclic) bond motifs is 1. The number of nitrogens with one attached hydrogen (secondary N) is 1. The molecule has 9 nitrogen and oxygen atoms in total. The third-order valence-electron chi connectivity index (χ3n) is 5.40. The number of carbonyl (C=O) groups is 1. The molecule has 2 aliphatic rings. The maximum Gasteiger partial charge on any atom is 0.245 e. The zero-order valence-corrected chi connectivity index (χ0v) is 17.9. The first-order valence-corrected chi connectivity index (χ1v) is 11.4. The van der Waals surface area contributed by atoms with E-state index in [2.05, 4.69) is 21.9 Å². The van der Waals surface area contributed by atoms with Crippen molar-refractivity contribution in [2.24, 2.45) is 5.92 Å². The van der Waals surface area contributed by atoms with Crippen molar-refractivity contribution in [2.75, 3.05) is 13.1 Å². The molecule has 2 aromatic rings. The van der Waals surface area contributed by atoms with Gasteiger partial charge in [-0.3, -0.25) is 9.78 Å². The summed E-state index contributed by atoms with van der Waals surface area (Å²) < 4.78 is 39.5. The minimum Gasteiger partial charge on any atom is -0.437 e. The lowest BCUT2D eigenvalue weighted by Gasteiger charge is -2.33. The Kier molecular flexibility index (Phi) is 6.03. The average Bonchev–Trinajstić information content (AvgIpc) is 3.15. The van der Waals surface area contributed by atoms with Gasteiger partial charge in [-0.2, -0.15) is 4.31 Å². The van der Waals surface area contributed by atoms with Crippen LogP contribution in [0.3, 0.4) is 0 Å². The van der Waals surface area contributed by atoms with Crippen LogP contribution in [0.5, 0.6) is 11.6 Å². The van der Waals surface area contributed by atoms with Crippen LogP contribution in [0.4, 0.5) is 0 Å². The van der Waals surface area contributed by atoms with E-state index in [1.165, 1.54) is 22.6 Å². The third-order valence-corrected chi connectivity index (χ3v) is 7.26. The van der Waals surface area contributed by atoms with Gasteiger partial charge in [0.05, 0.1) is 22.9 Å². The van der Waals surface area contributed by atoms with E-state index in [9.17, 15) is 13.2 Å². The Bertz CT molecular complexity index is 1090. The van der Waals surface area contributed by atoms with Crippen LogP contribution in [0.25, 0.3) is 0 Å². The van der Waals surface area contributed by atoms with Gasteiger partial charge in [0.2, 0.25) is 21.8 Å². The second kappa shape index (κ2) is 8.74. The Balaban J connectivity index is 1.46. The molecule has 0 radical (unpaired) electrons. The van der Waals surface area contributed by atoms with Crippen LogP contribution in [0.1, 0.15) is 18.5 Å². The smallest absolute Gasteiger partial charge is 0.245 e. The zero-order valence-electron chi connectivity index (χ0n) is 17.1. The fourth-order valence-electron chi connectivity index (χ4n) is 3.89. The number of amides is 1. The number of hydrogen-bond donors (Lipinski definition) is 1. The number of piperidine rings is 1. The van der Waals surface area contributed by atoms with Crippen molar-refractivity contribution >= 4 is 15.9 Å². The number of aromatic nitrogens is 2. The van der Waals surface area contributed by atoms with Gasteiger partial charge in [0.1, 0.15) is 12.0 Å². The Morgan fingerprint density at radius 1 is 1.39 bits per heavy atom. The summed E-state index contributed by atoms with van der Waals surface area (Å²) in [4.78, 5) is 19.9. The number of ether oxygens (including phenoxy) is 2. The zero-order chi connectivity index (χ0) is 22.0. The van der Waals surface area contributed by atoms with Crippen LogP contribution >= 0.6 is 0 Å². The Morgan fingerprint density at radius 2 is 2.23 bits per heavy atom. The monoisotopic (exact) mass is 444 g/mol. The molecule has 3 unspecified atom stereocenters. The molecule has 1 aromatic heterocycles. The molecule has 0 aliphatic carbocycles. The van der Waals surface area contributed by atoms with Crippen molar-refractivity contribution < 1.29 is 22.7 Å². The number of carbonyl (C=O) groups excluding carboxylic acids is 1. The molecule has 2 fully saturated rings. The molecule has 4 rings (SSSR count). The molecule has 164 valence electrons. The molecule has 2 aliphatic heterocycles. The molecular formula is C21H24N4O5S. The Hall–Kier alpha value is -2.82. The van der Waals surface area contributed by atoms with Crippen LogP contribution in [0, 0.1) is 12.8 Å². The van der Waals surface area contributed by atoms with E-state index < -0.39 is 16.3 Å². The Morgan fingerprint density at radius 3 is 3.00 bits per heavy atom. The predicted octanol–water partition coefficient (Wildman–Crippen LogP) is 2.01. The molecular weight excluding hydrogens is 420 g/mol. The van der Waals surface area contributed by atoms with Crippen molar-refractivity contribution in [2.45, 2.75) is 37.0 Å². The van der Waals surface area contributed by atoms with Gasteiger partial charge < -0.3 is 14.8 Å². The molecule has 1 amide bonds. The van der Waals surface area contributed by atoms with Gasteiger partial charge in [-0.05, 0) is 43.9 Å². The highest BCUT2D eigenvalue weighted by atomic mass is 32.2. The first-order chi connectivity index (χ1) is 14.8. The largest absolute Gasteiger partial charge is 0.437 e. The van der Waals surface area contributed by atoms with Gasteiger partial charge >= 0.3 is 0 Å². The summed E-state index contributed by atoms with van der Waals surface area (Å²) in [5.41, 5.74) is 0.697. The number of rotatable bonds is 6. The lowest BCUT2D eigenvalue weighted by atomic mass is 9.94. The second-order valence-electron chi connectivity index (χ2n) is 7.60. The summed E-state index contributed by atoms with van der Waals surface area (Å²) >= 11 is 0. The predicted molar refractivity (Wildman–Crippen MR) is 112 cm³/mol. The fraction of sp³-hybridized carbons (Fsp3) is 0.381. The van der Waals surface area contributed by atoms with E-state index in [-0.39, 0.29) is 29.4 Å². The second-order valence-corrected chi connectivity index (χ2v) is 9.54. The summed E-state index contributed by atoms with van der Waals surface area (Å²) in [6, 6.07) is 6.32. The standard InChI is InChI=1S/C21H24N4O5S/c1-3-19(26)24-20-9-15-7-8-25(13-18(15)30-20)31(27,28)17-6-4-5-16(10-17)29-21-12-22-11-14(2)23-21/h3-6,10-12,15,18,20H,1,7-9,13H2,2H3,(H,24,26). The van der Waals surface area contributed by atoms with E-state index in [1.807, 2.05) is 0 Å². The molecule has 0 saturated carbocycles. The number of aryl methyl sites for hydroxylation is 1. The molecule has 31 heavy (non-hydrogen) atoms. The molecule has 3 atom stereocenters. The van der Waals surface area contributed by atoms with Crippen molar-refractivity contribution in [3.8, 4) is 11.6 Å². The normalized spacial score (nSPS) is 23.7. The molecule has 1 N–H and O–H groups in total. The van der Waals surface area contributed by atoms with Crippen LogP contribution in [0.2, 0.25) is 0 Å². The molecule has 3 heterocycles. The Labute approximate surface area is 181 Å². The number of benzene rings is 1. The highest BCUT2D eigenvalue weighted by Gasteiger charge is 2.42. The third kappa shape index (κ3) is 4.76. The summed E-state index contributed by atoms with van der Waals surface area (Å²) in [6.07, 6.45) is 4.92. The van der Waals surface area contributed by atoms with Crippen molar-refractivity contribution in [3.05, 3.63) is 55.0 Å². The van der Waals surface area contributed by atoms with Gasteiger partial charge in [-0.25, -0.2) is 13.4 Å². The molecule has 2 saturated heterocycles. The van der Waals surface area contributed by atoms with E-state index in [4.69, 9.17) is 9.47 Å². The van der Waals surface area contributed by atoms with Crippen LogP contribution in [0.15, 0.2) is 54.2 Å². The highest BCUT2D eigenvalue weighted by molar-refractivity contribution is 7.89. The van der Waals surface area contributed by atoms with Gasteiger partial charge in [0, 0.05) is 25.4 Å². The van der Waals surface area contributed by atoms with E-state index in [0.717, 1.165) is 0 Å². The fourth-order valence-corrected chi connectivity index (χ4v) is 5.39. The average molecular weight is 445 g/mol. The summed E-state index contributed by atoms with van der Waals surface area (Å²) in [6.45, 7) is 5.86. The van der Waals surface area contributed by atoms with Crippen LogP contribution in [-0.2, 0) is 19.6 Å². The van der Waals surface area contributed by atoms with Crippen molar-refractivity contribution in [1.29, 1.82) is 0 Å². The van der Waals surface area contributed by atoms with Gasteiger partial charge in [0.25, 0.3) is 0 Å². The molecule has 1 aromatic carbocycles. The van der Waals surface area contributed by atoms with E-state index in [1.54, 1.807) is 31.3 Å². The quantitative estimate of drug-likeness (QED) is 0.679. The van der Waals surface area contributed by atoms with Crippen LogP contribution in [-0.4, -0.2) is 54.0 Å². The molecule has 10 heteroatoms.